The lowest BCUT2D eigenvalue weighted by molar-refractivity contribution is -0.186. The average molecular weight is 467 g/mol. The number of carbonyl (C=O) groups is 2. The molecule has 0 radical (unpaired) electrons. The van der Waals surface area contributed by atoms with Crippen molar-refractivity contribution in [3.05, 3.63) is 59.2 Å². The lowest BCUT2D eigenvalue weighted by Gasteiger charge is -2.50. The molecule has 4 aliphatic carbocycles. The zero-order valence-electron chi connectivity index (χ0n) is 20.2. The number of hydrogen-bond donors (Lipinski definition) is 3. The van der Waals surface area contributed by atoms with Crippen molar-refractivity contribution in [1.29, 1.82) is 0 Å². The van der Waals surface area contributed by atoms with Gasteiger partial charge in [-0.1, -0.05) is 63.3 Å². The molecule has 182 valence electrons. The number of aliphatic hydroxyl groups excluding tert-OH is 1. The van der Waals surface area contributed by atoms with Crippen LogP contribution in [0.15, 0.2) is 53.6 Å². The van der Waals surface area contributed by atoms with Gasteiger partial charge in [-0.05, 0) is 36.0 Å². The highest BCUT2D eigenvalue weighted by molar-refractivity contribution is 6.04. The average Bonchev–Trinajstić information content (AvgIpc) is 3.18. The minimum Gasteiger partial charge on any atom is -0.458 e. The van der Waals surface area contributed by atoms with Crippen molar-refractivity contribution in [2.75, 3.05) is 6.61 Å². The Morgan fingerprint density at radius 2 is 1.82 bits per heavy atom. The number of hydrogen-bond acceptors (Lipinski definition) is 6. The van der Waals surface area contributed by atoms with Crippen LogP contribution >= 0.6 is 0 Å². The Bertz CT molecular complexity index is 1100. The summed E-state index contributed by atoms with van der Waals surface area (Å²) < 4.78 is 6.24. The maximum absolute atomic E-state index is 13.0. The summed E-state index contributed by atoms with van der Waals surface area (Å²) in [6.45, 7) is 7.37. The fourth-order valence-electron chi connectivity index (χ4n) is 7.60. The minimum atomic E-state index is -1.78. The molecule has 7 atom stereocenters. The van der Waals surface area contributed by atoms with Gasteiger partial charge in [-0.25, -0.2) is 0 Å². The molecule has 0 amide bonds. The summed E-state index contributed by atoms with van der Waals surface area (Å²) >= 11 is 0. The summed E-state index contributed by atoms with van der Waals surface area (Å²) in [5.74, 6) is -2.52. The van der Waals surface area contributed by atoms with Gasteiger partial charge in [0.2, 0.25) is 0 Å². The molecule has 5 rings (SSSR count). The smallest absolute Gasteiger partial charge is 0.310 e. The van der Waals surface area contributed by atoms with E-state index in [0.29, 0.717) is 17.6 Å². The van der Waals surface area contributed by atoms with Gasteiger partial charge in [-0.3, -0.25) is 9.59 Å². The SMILES string of the molecule is CC1=C[C@H]2[C@@]3(O)[C@@H](C)C[C@]4(OC(=O)Cc5ccccc5)[C@H]([C@@H]3C=C(CO)C[C@]2(O)C1=O)C4(C)C. The number of carbonyl (C=O) groups excluding carboxylic acids is 2. The van der Waals surface area contributed by atoms with Crippen LogP contribution in [0.3, 0.4) is 0 Å². The highest BCUT2D eigenvalue weighted by Crippen LogP contribution is 2.76. The molecule has 1 aromatic rings. The second-order valence-electron chi connectivity index (χ2n) is 11.5. The second kappa shape index (κ2) is 7.36. The van der Waals surface area contributed by atoms with E-state index >= 15 is 0 Å². The summed E-state index contributed by atoms with van der Waals surface area (Å²) in [5, 5.41) is 33.9. The first-order valence-corrected chi connectivity index (χ1v) is 12.2. The van der Waals surface area contributed by atoms with Crippen molar-refractivity contribution in [1.82, 2.24) is 0 Å². The van der Waals surface area contributed by atoms with Crippen molar-refractivity contribution in [3.8, 4) is 0 Å². The molecule has 0 spiro atoms. The van der Waals surface area contributed by atoms with Crippen molar-refractivity contribution in [3.63, 3.8) is 0 Å². The van der Waals surface area contributed by atoms with Crippen LogP contribution in [-0.2, 0) is 20.7 Å². The molecule has 6 heteroatoms. The van der Waals surface area contributed by atoms with E-state index in [-0.39, 0.29) is 43.0 Å². The van der Waals surface area contributed by atoms with E-state index in [1.54, 1.807) is 13.0 Å². The molecule has 0 aromatic heterocycles. The van der Waals surface area contributed by atoms with Gasteiger partial charge >= 0.3 is 5.97 Å². The molecule has 2 saturated carbocycles. The van der Waals surface area contributed by atoms with E-state index in [9.17, 15) is 24.9 Å². The Morgan fingerprint density at radius 3 is 2.47 bits per heavy atom. The van der Waals surface area contributed by atoms with Gasteiger partial charge in [0, 0.05) is 29.6 Å². The van der Waals surface area contributed by atoms with Crippen molar-refractivity contribution in [2.24, 2.45) is 29.1 Å². The van der Waals surface area contributed by atoms with E-state index in [0.717, 1.165) is 5.56 Å². The van der Waals surface area contributed by atoms with Gasteiger partial charge in [0.15, 0.2) is 5.78 Å². The summed E-state index contributed by atoms with van der Waals surface area (Å²) in [4.78, 5) is 26.0. The summed E-state index contributed by atoms with van der Waals surface area (Å²) in [6, 6.07) is 9.47. The van der Waals surface area contributed by atoms with Crippen LogP contribution in [-0.4, -0.2) is 50.5 Å². The van der Waals surface area contributed by atoms with Crippen molar-refractivity contribution >= 4 is 11.8 Å². The first kappa shape index (κ1) is 23.5. The first-order valence-electron chi connectivity index (χ1n) is 12.2. The third-order valence-electron chi connectivity index (χ3n) is 9.36. The molecule has 1 aromatic carbocycles. The van der Waals surface area contributed by atoms with Gasteiger partial charge in [-0.15, -0.1) is 0 Å². The molecule has 0 heterocycles. The number of rotatable bonds is 4. The molecule has 0 saturated heterocycles. The Hall–Kier alpha value is -2.28. The summed E-state index contributed by atoms with van der Waals surface area (Å²) in [6.07, 6.45) is 4.16. The fourth-order valence-corrected chi connectivity index (χ4v) is 7.60. The van der Waals surface area contributed by atoms with Gasteiger partial charge in [0.1, 0.15) is 11.2 Å². The Kier molecular flexibility index (Phi) is 5.08. The van der Waals surface area contributed by atoms with E-state index in [2.05, 4.69) is 13.8 Å². The van der Waals surface area contributed by atoms with Crippen molar-refractivity contribution < 1.29 is 29.6 Å². The van der Waals surface area contributed by atoms with E-state index in [4.69, 9.17) is 4.74 Å². The Labute approximate surface area is 200 Å². The molecule has 0 bridgehead atoms. The largest absolute Gasteiger partial charge is 0.458 e. The second-order valence-corrected chi connectivity index (χ2v) is 11.5. The lowest BCUT2D eigenvalue weighted by atomic mass is 9.60. The normalized spacial score (nSPS) is 41.9. The van der Waals surface area contributed by atoms with Gasteiger partial charge in [0.25, 0.3) is 0 Å². The molecule has 6 nitrogen and oxygen atoms in total. The minimum absolute atomic E-state index is 0.0136. The summed E-state index contributed by atoms with van der Waals surface area (Å²) in [5.41, 5.74) is -2.50. The molecule has 0 aliphatic heterocycles. The van der Waals surface area contributed by atoms with Crippen LogP contribution in [0.2, 0.25) is 0 Å². The van der Waals surface area contributed by atoms with E-state index in [1.807, 2.05) is 43.3 Å². The van der Waals surface area contributed by atoms with Gasteiger partial charge in [0.05, 0.1) is 18.6 Å². The molecular weight excluding hydrogens is 432 g/mol. The van der Waals surface area contributed by atoms with Crippen LogP contribution < -0.4 is 0 Å². The van der Waals surface area contributed by atoms with E-state index in [1.165, 1.54) is 0 Å². The lowest BCUT2D eigenvalue weighted by Crippen LogP contribution is -2.61. The number of ether oxygens (including phenoxy) is 1. The Morgan fingerprint density at radius 1 is 1.15 bits per heavy atom. The predicted octanol–water partition coefficient (Wildman–Crippen LogP) is 2.75. The maximum atomic E-state index is 13.0. The molecule has 34 heavy (non-hydrogen) atoms. The zero-order valence-corrected chi connectivity index (χ0v) is 20.2. The molecular formula is C28H34O6. The monoisotopic (exact) mass is 466 g/mol. The topological polar surface area (TPSA) is 104 Å². The fraction of sp³-hybridized carbons (Fsp3) is 0.571. The van der Waals surface area contributed by atoms with Gasteiger partial charge in [-0.2, -0.15) is 0 Å². The molecule has 0 unspecified atom stereocenters. The standard InChI is InChI=1S/C28H34O6/c1-16-10-21-26(32,24(16)31)14-19(15-29)11-20-23-25(3,4)27(23,13-17(2)28(20,21)33)34-22(30)12-18-8-6-5-7-9-18/h5-11,17,20-21,23,29,32-33H,12-15H2,1-4H3/t17-,20-,21+,23+,26+,27-,28+/m0/s1. The van der Waals surface area contributed by atoms with Crippen LogP contribution in [0.25, 0.3) is 0 Å². The number of Topliss-reactive ketones (excluding diaryl/α,β-unsaturated/α-hetero) is 1. The van der Waals surface area contributed by atoms with Crippen molar-refractivity contribution in [2.45, 2.75) is 63.8 Å². The van der Waals surface area contributed by atoms with Crippen LogP contribution in [0, 0.1) is 29.1 Å². The van der Waals surface area contributed by atoms with Crippen LogP contribution in [0.4, 0.5) is 0 Å². The molecule has 4 aliphatic rings. The third-order valence-corrected chi connectivity index (χ3v) is 9.36. The van der Waals surface area contributed by atoms with E-state index < -0.39 is 34.1 Å². The zero-order chi connectivity index (χ0) is 24.7. The van der Waals surface area contributed by atoms with Crippen LogP contribution in [0.1, 0.15) is 46.1 Å². The highest BCUT2D eigenvalue weighted by atomic mass is 16.6. The number of benzene rings is 1. The number of aliphatic hydroxyl groups is 3. The maximum Gasteiger partial charge on any atom is 0.310 e. The molecule has 3 N–H and O–H groups in total. The number of fused-ring (bicyclic) bond motifs is 5. The third kappa shape index (κ3) is 2.91. The highest BCUT2D eigenvalue weighted by Gasteiger charge is 2.83. The van der Waals surface area contributed by atoms with Crippen LogP contribution in [0.5, 0.6) is 0 Å². The Balaban J connectivity index is 1.54. The first-order chi connectivity index (χ1) is 15.9. The predicted molar refractivity (Wildman–Crippen MR) is 125 cm³/mol. The summed E-state index contributed by atoms with van der Waals surface area (Å²) in [7, 11) is 0. The number of ketones is 1. The van der Waals surface area contributed by atoms with Gasteiger partial charge < -0.3 is 20.1 Å². The number of esters is 1. The quantitative estimate of drug-likeness (QED) is 0.466. The molecule has 2 fully saturated rings.